The second-order valence-corrected chi connectivity index (χ2v) is 3.71. The van der Waals surface area contributed by atoms with Crippen LogP contribution in [-0.2, 0) is 0 Å². The van der Waals surface area contributed by atoms with Gasteiger partial charge in [-0.3, -0.25) is 0 Å². The Hall–Kier alpha value is -0.960. The molecule has 76 valence electrons. The Balaban J connectivity index is 3.00. The average molecular weight is 257 g/mol. The molecule has 0 N–H and O–H groups in total. The lowest BCUT2D eigenvalue weighted by Crippen LogP contribution is -1.96. The summed E-state index contributed by atoms with van der Waals surface area (Å²) >= 11 is 3.43. The minimum Gasteiger partial charge on any atom is -0.493 e. The van der Waals surface area contributed by atoms with Crippen LogP contribution in [0.5, 0.6) is 11.5 Å². The van der Waals surface area contributed by atoms with E-state index in [1.165, 1.54) is 0 Å². The van der Waals surface area contributed by atoms with Crippen LogP contribution in [0.1, 0.15) is 5.56 Å². The maximum Gasteiger partial charge on any atom is 0.161 e. The van der Waals surface area contributed by atoms with E-state index in [1.807, 2.05) is 19.1 Å². The lowest BCUT2D eigenvalue weighted by Gasteiger charge is -2.11. The summed E-state index contributed by atoms with van der Waals surface area (Å²) in [6.07, 6.45) is 1.71. The van der Waals surface area contributed by atoms with Crippen LogP contribution >= 0.6 is 15.9 Å². The topological polar surface area (TPSA) is 18.5 Å². The highest BCUT2D eigenvalue weighted by Crippen LogP contribution is 2.32. The van der Waals surface area contributed by atoms with E-state index >= 15 is 0 Å². The van der Waals surface area contributed by atoms with Crippen LogP contribution < -0.4 is 9.47 Å². The Morgan fingerprint density at radius 3 is 2.71 bits per heavy atom. The van der Waals surface area contributed by atoms with Crippen molar-refractivity contribution >= 4 is 15.9 Å². The van der Waals surface area contributed by atoms with Gasteiger partial charge in [-0.25, -0.2) is 0 Å². The molecule has 0 aromatic heterocycles. The molecule has 3 heteroatoms. The Morgan fingerprint density at radius 2 is 2.14 bits per heavy atom. The lowest BCUT2D eigenvalue weighted by atomic mass is 10.2. The third kappa shape index (κ3) is 2.51. The van der Waals surface area contributed by atoms with Crippen molar-refractivity contribution in [2.75, 3.05) is 13.7 Å². The molecule has 0 bridgehead atoms. The van der Waals surface area contributed by atoms with E-state index in [-0.39, 0.29) is 0 Å². The summed E-state index contributed by atoms with van der Waals surface area (Å²) in [5.41, 5.74) is 1.12. The highest BCUT2D eigenvalue weighted by molar-refractivity contribution is 9.10. The highest BCUT2D eigenvalue weighted by Gasteiger charge is 2.06. The van der Waals surface area contributed by atoms with Gasteiger partial charge in [0.2, 0.25) is 0 Å². The lowest BCUT2D eigenvalue weighted by molar-refractivity contribution is 0.326. The van der Waals surface area contributed by atoms with Gasteiger partial charge in [-0.2, -0.15) is 0 Å². The van der Waals surface area contributed by atoms with Gasteiger partial charge in [0.05, 0.1) is 7.11 Å². The van der Waals surface area contributed by atoms with Crippen LogP contribution in [-0.4, -0.2) is 13.7 Å². The molecule has 0 aliphatic heterocycles. The van der Waals surface area contributed by atoms with Crippen molar-refractivity contribution in [2.24, 2.45) is 0 Å². The van der Waals surface area contributed by atoms with Crippen molar-refractivity contribution < 1.29 is 9.47 Å². The highest BCUT2D eigenvalue weighted by atomic mass is 79.9. The SMILES string of the molecule is C=CCOc1cc(C)c(Br)cc1OC. The van der Waals surface area contributed by atoms with Crippen LogP contribution in [0.4, 0.5) is 0 Å². The summed E-state index contributed by atoms with van der Waals surface area (Å²) in [5, 5.41) is 0. The molecule has 0 radical (unpaired) electrons. The van der Waals surface area contributed by atoms with Gasteiger partial charge in [0.15, 0.2) is 11.5 Å². The van der Waals surface area contributed by atoms with Crippen molar-refractivity contribution in [3.8, 4) is 11.5 Å². The molecule has 0 heterocycles. The van der Waals surface area contributed by atoms with Crippen LogP contribution in [0.25, 0.3) is 0 Å². The molecule has 0 aliphatic carbocycles. The summed E-state index contributed by atoms with van der Waals surface area (Å²) in [5.74, 6) is 1.47. The number of benzene rings is 1. The van der Waals surface area contributed by atoms with Crippen molar-refractivity contribution in [1.29, 1.82) is 0 Å². The largest absolute Gasteiger partial charge is 0.493 e. The quantitative estimate of drug-likeness (QED) is 0.770. The summed E-state index contributed by atoms with van der Waals surface area (Å²) < 4.78 is 11.7. The fourth-order valence-corrected chi connectivity index (χ4v) is 1.38. The molecule has 1 rings (SSSR count). The van der Waals surface area contributed by atoms with E-state index in [4.69, 9.17) is 9.47 Å². The summed E-state index contributed by atoms with van der Waals surface area (Å²) in [7, 11) is 1.62. The predicted octanol–water partition coefficient (Wildman–Crippen LogP) is 3.33. The zero-order valence-corrected chi connectivity index (χ0v) is 9.93. The first kappa shape index (κ1) is 11.1. The normalized spacial score (nSPS) is 9.64. The summed E-state index contributed by atoms with van der Waals surface area (Å²) in [4.78, 5) is 0. The number of hydrogen-bond donors (Lipinski definition) is 0. The van der Waals surface area contributed by atoms with Crippen LogP contribution in [0.2, 0.25) is 0 Å². The standard InChI is InChI=1S/C11H13BrO2/c1-4-5-14-11-6-8(2)9(12)7-10(11)13-3/h4,6-7H,1,5H2,2-3H3. The van der Waals surface area contributed by atoms with Crippen LogP contribution in [0.3, 0.4) is 0 Å². The fourth-order valence-electron chi connectivity index (χ4n) is 1.06. The second kappa shape index (κ2) is 5.05. The van der Waals surface area contributed by atoms with E-state index in [0.717, 1.165) is 21.5 Å². The molecule has 14 heavy (non-hydrogen) atoms. The first-order valence-electron chi connectivity index (χ1n) is 4.27. The molecule has 0 spiro atoms. The molecule has 1 aromatic carbocycles. The predicted molar refractivity (Wildman–Crippen MR) is 61.1 cm³/mol. The third-order valence-corrected chi connectivity index (χ3v) is 2.66. The van der Waals surface area contributed by atoms with Gasteiger partial charge in [-0.1, -0.05) is 28.6 Å². The molecule has 0 atom stereocenters. The summed E-state index contributed by atoms with van der Waals surface area (Å²) in [6, 6.07) is 3.83. The molecular formula is C11H13BrO2. The third-order valence-electron chi connectivity index (χ3n) is 1.80. The van der Waals surface area contributed by atoms with Crippen molar-refractivity contribution in [3.63, 3.8) is 0 Å². The van der Waals surface area contributed by atoms with E-state index in [0.29, 0.717) is 6.61 Å². The minimum atomic E-state index is 0.484. The fraction of sp³-hybridized carbons (Fsp3) is 0.273. The molecule has 0 aliphatic rings. The second-order valence-electron chi connectivity index (χ2n) is 2.85. The molecule has 0 saturated carbocycles. The van der Waals surface area contributed by atoms with Gasteiger partial charge in [-0.05, 0) is 24.6 Å². The molecule has 2 nitrogen and oxygen atoms in total. The minimum absolute atomic E-state index is 0.484. The van der Waals surface area contributed by atoms with Crippen LogP contribution in [0.15, 0.2) is 29.3 Å². The summed E-state index contributed by atoms with van der Waals surface area (Å²) in [6.45, 7) is 6.08. The number of halogens is 1. The average Bonchev–Trinajstić information content (AvgIpc) is 2.19. The van der Waals surface area contributed by atoms with Gasteiger partial charge >= 0.3 is 0 Å². The molecule has 0 amide bonds. The van der Waals surface area contributed by atoms with Gasteiger partial charge in [-0.15, -0.1) is 0 Å². The molecule has 1 aromatic rings. The Bertz CT molecular complexity index is 334. The number of hydrogen-bond acceptors (Lipinski definition) is 2. The van der Waals surface area contributed by atoms with Crippen molar-refractivity contribution in [3.05, 3.63) is 34.8 Å². The number of methoxy groups -OCH3 is 1. The van der Waals surface area contributed by atoms with E-state index in [9.17, 15) is 0 Å². The Labute approximate surface area is 92.7 Å². The number of ether oxygens (including phenoxy) is 2. The maximum absolute atomic E-state index is 5.45. The monoisotopic (exact) mass is 256 g/mol. The smallest absolute Gasteiger partial charge is 0.161 e. The van der Waals surface area contributed by atoms with E-state index < -0.39 is 0 Å². The van der Waals surface area contributed by atoms with Crippen LogP contribution in [0, 0.1) is 6.92 Å². The number of rotatable bonds is 4. The van der Waals surface area contributed by atoms with Crippen molar-refractivity contribution in [1.82, 2.24) is 0 Å². The maximum atomic E-state index is 5.45. The molecule has 0 fully saturated rings. The van der Waals surface area contributed by atoms with Gasteiger partial charge < -0.3 is 9.47 Å². The van der Waals surface area contributed by atoms with E-state index in [1.54, 1.807) is 13.2 Å². The Kier molecular flexibility index (Phi) is 4.01. The first-order chi connectivity index (χ1) is 6.69. The van der Waals surface area contributed by atoms with E-state index in [2.05, 4.69) is 22.5 Å². The molecular weight excluding hydrogens is 244 g/mol. The Morgan fingerprint density at radius 1 is 1.43 bits per heavy atom. The zero-order valence-electron chi connectivity index (χ0n) is 8.34. The first-order valence-corrected chi connectivity index (χ1v) is 5.06. The van der Waals surface area contributed by atoms with Gasteiger partial charge in [0, 0.05) is 4.47 Å². The van der Waals surface area contributed by atoms with Gasteiger partial charge in [0.1, 0.15) is 6.61 Å². The van der Waals surface area contributed by atoms with Gasteiger partial charge in [0.25, 0.3) is 0 Å². The van der Waals surface area contributed by atoms with Crippen molar-refractivity contribution in [2.45, 2.75) is 6.92 Å². The molecule has 0 saturated heterocycles. The molecule has 0 unspecified atom stereocenters. The number of aryl methyl sites for hydroxylation is 1. The zero-order chi connectivity index (χ0) is 10.6.